The van der Waals surface area contributed by atoms with Gasteiger partial charge in [-0.3, -0.25) is 4.57 Å². The summed E-state index contributed by atoms with van der Waals surface area (Å²) in [7, 11) is 2.37. The highest BCUT2D eigenvalue weighted by Crippen LogP contribution is 2.28. The molecule has 11 nitrogen and oxygen atoms in total. The van der Waals surface area contributed by atoms with Gasteiger partial charge in [-0.25, -0.2) is 24.5 Å². The van der Waals surface area contributed by atoms with Gasteiger partial charge in [0, 0.05) is 0 Å². The zero-order valence-electron chi connectivity index (χ0n) is 12.9. The summed E-state index contributed by atoms with van der Waals surface area (Å²) in [6.07, 6.45) is -0.547. The van der Waals surface area contributed by atoms with Crippen molar-refractivity contribution in [2.75, 3.05) is 26.6 Å². The van der Waals surface area contributed by atoms with Gasteiger partial charge in [0.05, 0.1) is 20.8 Å². The Balaban J connectivity index is 1.93. The SMILES string of the molecule is COC(=O)[C@@H]1OC[C@@H](n2cnc3ncnc(N)c32)O[C@H]1C(=O)OC. The molecular weight excluding hydrogens is 322 g/mol. The molecule has 2 N–H and O–H groups in total. The summed E-state index contributed by atoms with van der Waals surface area (Å²) in [5, 5.41) is 0. The van der Waals surface area contributed by atoms with Gasteiger partial charge in [0.15, 0.2) is 29.9 Å². The summed E-state index contributed by atoms with van der Waals surface area (Å²) in [5.74, 6) is -1.29. The first-order valence-corrected chi connectivity index (χ1v) is 6.92. The largest absolute Gasteiger partial charge is 0.467 e. The molecule has 1 aliphatic rings. The molecule has 0 radical (unpaired) electrons. The molecule has 0 spiro atoms. The zero-order valence-corrected chi connectivity index (χ0v) is 12.9. The number of aromatic nitrogens is 4. The highest BCUT2D eigenvalue weighted by Gasteiger charge is 2.44. The van der Waals surface area contributed by atoms with Crippen LogP contribution in [-0.4, -0.2) is 64.5 Å². The van der Waals surface area contributed by atoms with Gasteiger partial charge in [0.2, 0.25) is 0 Å². The van der Waals surface area contributed by atoms with Gasteiger partial charge >= 0.3 is 11.9 Å². The summed E-state index contributed by atoms with van der Waals surface area (Å²) in [6, 6.07) is 0. The molecule has 0 aliphatic carbocycles. The van der Waals surface area contributed by atoms with Crippen LogP contribution in [0.1, 0.15) is 6.23 Å². The molecule has 1 fully saturated rings. The van der Waals surface area contributed by atoms with Gasteiger partial charge in [-0.1, -0.05) is 0 Å². The maximum absolute atomic E-state index is 11.9. The molecular formula is C13H15N5O6. The minimum absolute atomic E-state index is 0.0347. The lowest BCUT2D eigenvalue weighted by molar-refractivity contribution is -0.224. The molecule has 1 aliphatic heterocycles. The molecule has 0 amide bonds. The normalized spacial score (nSPS) is 23.8. The first-order valence-electron chi connectivity index (χ1n) is 6.92. The summed E-state index contributed by atoms with van der Waals surface area (Å²) < 4.78 is 22.0. The van der Waals surface area contributed by atoms with Crippen LogP contribution < -0.4 is 5.73 Å². The van der Waals surface area contributed by atoms with Gasteiger partial charge in [0.1, 0.15) is 18.2 Å². The number of imidazole rings is 1. The van der Waals surface area contributed by atoms with E-state index in [-0.39, 0.29) is 12.4 Å². The minimum atomic E-state index is -1.29. The molecule has 24 heavy (non-hydrogen) atoms. The summed E-state index contributed by atoms with van der Waals surface area (Å²) in [5.41, 5.74) is 6.66. The number of anilines is 1. The molecule has 1 saturated heterocycles. The van der Waals surface area contributed by atoms with Crippen LogP contribution in [0.4, 0.5) is 5.82 Å². The van der Waals surface area contributed by atoms with Gasteiger partial charge in [-0.15, -0.1) is 0 Å². The number of esters is 2. The van der Waals surface area contributed by atoms with Crippen LogP contribution in [-0.2, 0) is 28.5 Å². The Morgan fingerprint density at radius 1 is 1.21 bits per heavy atom. The van der Waals surface area contributed by atoms with Crippen LogP contribution >= 0.6 is 0 Å². The zero-order chi connectivity index (χ0) is 17.3. The van der Waals surface area contributed by atoms with Crippen molar-refractivity contribution < 1.29 is 28.5 Å². The number of carbonyl (C=O) groups excluding carboxylic acids is 2. The number of rotatable bonds is 3. The number of nitrogens with zero attached hydrogens (tertiary/aromatic N) is 4. The third-order valence-electron chi connectivity index (χ3n) is 3.57. The molecule has 2 aromatic heterocycles. The molecule has 3 rings (SSSR count). The van der Waals surface area contributed by atoms with E-state index < -0.39 is 30.4 Å². The predicted octanol–water partition coefficient (Wildman–Crippen LogP) is -0.963. The summed E-state index contributed by atoms with van der Waals surface area (Å²) in [4.78, 5) is 35.7. The maximum Gasteiger partial charge on any atom is 0.338 e. The van der Waals surface area contributed by atoms with Gasteiger partial charge in [-0.2, -0.15) is 0 Å². The van der Waals surface area contributed by atoms with Crippen LogP contribution in [0.15, 0.2) is 12.7 Å². The third-order valence-corrected chi connectivity index (χ3v) is 3.57. The van der Waals surface area contributed by atoms with Gasteiger partial charge in [-0.05, 0) is 0 Å². The quantitative estimate of drug-likeness (QED) is 0.696. The van der Waals surface area contributed by atoms with Crippen molar-refractivity contribution in [1.29, 1.82) is 0 Å². The fraction of sp³-hybridized carbons (Fsp3) is 0.462. The van der Waals surface area contributed by atoms with E-state index in [4.69, 9.17) is 15.2 Å². The van der Waals surface area contributed by atoms with Crippen molar-refractivity contribution in [1.82, 2.24) is 19.5 Å². The highest BCUT2D eigenvalue weighted by molar-refractivity contribution is 5.86. The Morgan fingerprint density at radius 3 is 2.62 bits per heavy atom. The average Bonchev–Trinajstić information content (AvgIpc) is 3.05. The Bertz CT molecular complexity index is 777. The van der Waals surface area contributed by atoms with Crippen LogP contribution in [0.25, 0.3) is 11.2 Å². The number of fused-ring (bicyclic) bond motifs is 1. The van der Waals surface area contributed by atoms with E-state index in [1.54, 1.807) is 0 Å². The van der Waals surface area contributed by atoms with Crippen LogP contribution in [0, 0.1) is 0 Å². The number of methoxy groups -OCH3 is 2. The molecule has 3 atom stereocenters. The number of ether oxygens (including phenoxy) is 4. The Morgan fingerprint density at radius 2 is 1.92 bits per heavy atom. The number of hydrogen-bond donors (Lipinski definition) is 1. The van der Waals surface area contributed by atoms with E-state index in [9.17, 15) is 9.59 Å². The van der Waals surface area contributed by atoms with E-state index in [0.29, 0.717) is 11.2 Å². The van der Waals surface area contributed by atoms with Crippen molar-refractivity contribution in [2.45, 2.75) is 18.4 Å². The maximum atomic E-state index is 11.9. The van der Waals surface area contributed by atoms with Crippen LogP contribution in [0.3, 0.4) is 0 Å². The van der Waals surface area contributed by atoms with E-state index >= 15 is 0 Å². The van der Waals surface area contributed by atoms with E-state index in [0.717, 1.165) is 0 Å². The molecule has 0 saturated carbocycles. The first kappa shape index (κ1) is 16.1. The Hall–Kier alpha value is -2.79. The lowest BCUT2D eigenvalue weighted by atomic mass is 10.2. The van der Waals surface area contributed by atoms with E-state index in [1.165, 1.54) is 31.4 Å². The van der Waals surface area contributed by atoms with Crippen molar-refractivity contribution in [2.24, 2.45) is 0 Å². The standard InChI is InChI=1S/C13H15N5O6/c1-21-12(19)8-9(13(20)22-2)24-6(3-23-8)18-5-17-11-7(18)10(14)15-4-16-11/h4-6,8-9H,3H2,1-2H3,(H2,14,15,16)/t6-,8+,9+/m0/s1. The number of nitrogens with two attached hydrogens (primary N) is 1. The first-order chi connectivity index (χ1) is 11.6. The lowest BCUT2D eigenvalue weighted by Gasteiger charge is -2.34. The fourth-order valence-electron chi connectivity index (χ4n) is 2.42. The molecule has 0 aromatic carbocycles. The molecule has 2 aromatic rings. The monoisotopic (exact) mass is 337 g/mol. The molecule has 11 heteroatoms. The van der Waals surface area contributed by atoms with Crippen molar-refractivity contribution in [3.8, 4) is 0 Å². The second kappa shape index (κ2) is 6.37. The minimum Gasteiger partial charge on any atom is -0.467 e. The number of hydrogen-bond acceptors (Lipinski definition) is 10. The van der Waals surface area contributed by atoms with Crippen LogP contribution in [0.5, 0.6) is 0 Å². The van der Waals surface area contributed by atoms with E-state index in [1.807, 2.05) is 0 Å². The summed E-state index contributed by atoms with van der Waals surface area (Å²) >= 11 is 0. The van der Waals surface area contributed by atoms with Crippen LogP contribution in [0.2, 0.25) is 0 Å². The number of carbonyl (C=O) groups is 2. The molecule has 0 unspecified atom stereocenters. The smallest absolute Gasteiger partial charge is 0.338 e. The molecule has 128 valence electrons. The molecule has 0 bridgehead atoms. The van der Waals surface area contributed by atoms with Crippen molar-refractivity contribution >= 4 is 28.9 Å². The second-order valence-corrected chi connectivity index (χ2v) is 4.89. The topological polar surface area (TPSA) is 141 Å². The fourth-order valence-corrected chi connectivity index (χ4v) is 2.42. The third kappa shape index (κ3) is 2.63. The van der Waals surface area contributed by atoms with Crippen molar-refractivity contribution in [3.63, 3.8) is 0 Å². The number of nitrogen functional groups attached to an aromatic ring is 1. The van der Waals surface area contributed by atoms with E-state index in [2.05, 4.69) is 24.4 Å². The van der Waals surface area contributed by atoms with Gasteiger partial charge < -0.3 is 24.7 Å². The predicted molar refractivity (Wildman–Crippen MR) is 77.4 cm³/mol. The lowest BCUT2D eigenvalue weighted by Crippen LogP contribution is -2.50. The molecule has 3 heterocycles. The average molecular weight is 337 g/mol. The van der Waals surface area contributed by atoms with Crippen molar-refractivity contribution in [3.05, 3.63) is 12.7 Å². The summed E-state index contributed by atoms with van der Waals surface area (Å²) in [6.45, 7) is -0.0347. The highest BCUT2D eigenvalue weighted by atomic mass is 16.6. The van der Waals surface area contributed by atoms with Gasteiger partial charge in [0.25, 0.3) is 0 Å². The Labute approximate surface area is 135 Å². The second-order valence-electron chi connectivity index (χ2n) is 4.89. The Kier molecular flexibility index (Phi) is 4.27.